The molecule has 0 N–H and O–H groups in total. The molecule has 3 aliphatic carbocycles. The molecule has 0 amide bonds. The summed E-state index contributed by atoms with van der Waals surface area (Å²) in [5, 5.41) is 3.08. The van der Waals surface area contributed by atoms with Gasteiger partial charge < -0.3 is 23.9 Å². The van der Waals surface area contributed by atoms with E-state index in [-0.39, 0.29) is 37.9 Å². The van der Waals surface area contributed by atoms with Gasteiger partial charge in [0.15, 0.2) is 11.5 Å². The monoisotopic (exact) mass is 870 g/mol. The van der Waals surface area contributed by atoms with Crippen LogP contribution in [0.15, 0.2) is 149 Å². The van der Waals surface area contributed by atoms with Crippen molar-refractivity contribution < 1.29 is 27.9 Å². The van der Waals surface area contributed by atoms with Gasteiger partial charge in [-0.3, -0.25) is 14.4 Å². The highest BCUT2D eigenvalue weighted by molar-refractivity contribution is 7.00. The van der Waals surface area contributed by atoms with E-state index in [0.29, 0.717) is 5.56 Å². The average Bonchev–Trinajstić information content (AvgIpc) is 3.85. The van der Waals surface area contributed by atoms with E-state index in [1.54, 1.807) is 18.2 Å². The molecule has 0 saturated carbocycles. The lowest BCUT2D eigenvalue weighted by Gasteiger charge is -2.46. The topological polar surface area (TPSA) is 128 Å². The SMILES string of the molecule is CC(=O)O[C@@H]1c2c(c3c(=O)c4cccc(O[Si](c5ccccc5)(c5ccccc5)C(C)(C)C)c4c(=O)c=3c2=[N+]=[N-])[C@H](O[Si](c2ccccc2)(c2ccccc2)C(C)(C)C)[C@@H]2O[C@]12C. The molecule has 0 spiro atoms. The van der Waals surface area contributed by atoms with Crippen molar-refractivity contribution in [2.45, 2.75) is 89.4 Å². The number of fused-ring (bicyclic) bond motifs is 4. The van der Waals surface area contributed by atoms with E-state index in [9.17, 15) is 10.3 Å². The lowest BCUT2D eigenvalue weighted by atomic mass is 9.81. The number of hydrogen-bond donors (Lipinski definition) is 0. The molecule has 1 saturated heterocycles. The maximum atomic E-state index is 15.6. The third-order valence-corrected chi connectivity index (χ3v) is 23.2. The first kappa shape index (κ1) is 42.2. The summed E-state index contributed by atoms with van der Waals surface area (Å²) in [6.45, 7) is 16.0. The van der Waals surface area contributed by atoms with Crippen LogP contribution in [0.2, 0.25) is 10.1 Å². The predicted molar refractivity (Wildman–Crippen MR) is 248 cm³/mol. The number of nitrogens with zero attached hydrogens (tertiary/aromatic N) is 2. The summed E-state index contributed by atoms with van der Waals surface area (Å²) in [7, 11) is -6.69. The van der Waals surface area contributed by atoms with Crippen LogP contribution in [-0.4, -0.2) is 39.1 Å². The number of carbonyl (C=O) groups is 1. The zero-order chi connectivity index (χ0) is 44.7. The Morgan fingerprint density at radius 1 is 0.651 bits per heavy atom. The Morgan fingerprint density at radius 3 is 1.57 bits per heavy atom. The van der Waals surface area contributed by atoms with Gasteiger partial charge in [-0.1, -0.05) is 175 Å². The van der Waals surface area contributed by atoms with E-state index in [1.165, 1.54) is 6.92 Å². The molecular weight excluding hydrogens is 821 g/mol. The lowest BCUT2D eigenvalue weighted by molar-refractivity contribution is -0.151. The minimum atomic E-state index is -3.37. The number of esters is 1. The molecule has 0 aromatic heterocycles. The van der Waals surface area contributed by atoms with Crippen LogP contribution in [0.1, 0.15) is 78.7 Å². The van der Waals surface area contributed by atoms with Crippen molar-refractivity contribution in [1.29, 1.82) is 0 Å². The Bertz CT molecular complexity index is 3080. The fraction of sp³-hybridized carbons (Fsp3) is 0.269. The predicted octanol–water partition coefficient (Wildman–Crippen LogP) is 6.62. The average molecular weight is 871 g/mol. The minimum Gasteiger partial charge on any atom is -0.533 e. The number of carbonyl (C=O) groups excluding carboxylic acids is 1. The van der Waals surface area contributed by atoms with Crippen molar-refractivity contribution in [3.63, 3.8) is 0 Å². The molecule has 5 aromatic carbocycles. The number of rotatable bonds is 9. The highest BCUT2D eigenvalue weighted by atomic mass is 28.4. The third-order valence-electron chi connectivity index (χ3n) is 13.3. The summed E-state index contributed by atoms with van der Waals surface area (Å²) in [6.07, 6.45) is -2.76. The van der Waals surface area contributed by atoms with Gasteiger partial charge in [-0.2, -0.15) is 4.79 Å². The third kappa shape index (κ3) is 6.28. The Morgan fingerprint density at radius 2 is 1.13 bits per heavy atom. The van der Waals surface area contributed by atoms with Gasteiger partial charge in [-0.25, -0.2) is 0 Å². The van der Waals surface area contributed by atoms with Gasteiger partial charge in [0, 0.05) is 23.1 Å². The fourth-order valence-corrected chi connectivity index (χ4v) is 19.5. The van der Waals surface area contributed by atoms with E-state index < -0.39 is 67.5 Å². The maximum Gasteiger partial charge on any atom is 0.334 e. The lowest BCUT2D eigenvalue weighted by Crippen LogP contribution is -2.68. The summed E-state index contributed by atoms with van der Waals surface area (Å²) < 4.78 is 27.9. The van der Waals surface area contributed by atoms with Crippen LogP contribution < -0.4 is 41.4 Å². The number of benzene rings is 5. The zero-order valence-corrected chi connectivity index (χ0v) is 38.8. The smallest absolute Gasteiger partial charge is 0.334 e. The van der Waals surface area contributed by atoms with Crippen LogP contribution in [0.25, 0.3) is 16.3 Å². The second-order valence-electron chi connectivity index (χ2n) is 19.0. The molecular formula is C52H50N2O7Si2. The molecule has 4 atom stereocenters. The van der Waals surface area contributed by atoms with Crippen molar-refractivity contribution in [2.24, 2.45) is 0 Å². The molecule has 5 aromatic rings. The first-order valence-electron chi connectivity index (χ1n) is 21.4. The summed E-state index contributed by atoms with van der Waals surface area (Å²) in [5.74, 6) is -0.346. The van der Waals surface area contributed by atoms with E-state index in [4.69, 9.17) is 18.3 Å². The van der Waals surface area contributed by atoms with Crippen molar-refractivity contribution in [3.8, 4) is 5.75 Å². The van der Waals surface area contributed by atoms with E-state index in [2.05, 4.69) is 94.9 Å². The van der Waals surface area contributed by atoms with Crippen LogP contribution >= 0.6 is 0 Å². The van der Waals surface area contributed by atoms with Gasteiger partial charge in [0.2, 0.25) is 5.43 Å². The molecule has 1 heterocycles. The zero-order valence-electron chi connectivity index (χ0n) is 36.8. The van der Waals surface area contributed by atoms with Crippen LogP contribution in [-0.2, 0) is 18.7 Å². The van der Waals surface area contributed by atoms with Crippen LogP contribution in [0, 0.1) is 10.4 Å². The minimum absolute atomic E-state index is 0.0514. The maximum absolute atomic E-state index is 15.6. The van der Waals surface area contributed by atoms with Gasteiger partial charge in [-0.15, -0.1) is 0 Å². The van der Waals surface area contributed by atoms with Crippen molar-refractivity contribution in [2.75, 3.05) is 0 Å². The van der Waals surface area contributed by atoms with Crippen LogP contribution in [0.4, 0.5) is 0 Å². The summed E-state index contributed by atoms with van der Waals surface area (Å²) in [4.78, 5) is 47.9. The van der Waals surface area contributed by atoms with Gasteiger partial charge in [0.1, 0.15) is 28.8 Å². The highest BCUT2D eigenvalue weighted by Gasteiger charge is 2.71. The normalized spacial score (nSPS) is 19.8. The van der Waals surface area contributed by atoms with Crippen LogP contribution in [0.5, 0.6) is 5.75 Å². The van der Waals surface area contributed by atoms with Gasteiger partial charge >= 0.3 is 19.6 Å². The molecule has 63 heavy (non-hydrogen) atoms. The number of hydrogen-bond acceptors (Lipinski definition) is 7. The van der Waals surface area contributed by atoms with Crippen molar-refractivity contribution in [1.82, 2.24) is 0 Å². The van der Waals surface area contributed by atoms with Crippen molar-refractivity contribution >= 4 is 54.1 Å². The van der Waals surface area contributed by atoms with Crippen molar-refractivity contribution in [3.05, 3.63) is 192 Å². The van der Waals surface area contributed by atoms with E-state index in [1.807, 2.05) is 79.7 Å². The first-order chi connectivity index (χ1) is 30.0. The Balaban J connectivity index is 1.38. The van der Waals surface area contributed by atoms with Crippen LogP contribution in [0.3, 0.4) is 0 Å². The van der Waals surface area contributed by atoms with E-state index >= 15 is 9.59 Å². The second kappa shape index (κ2) is 15.0. The largest absolute Gasteiger partial charge is 0.533 e. The molecule has 4 aliphatic rings. The summed E-state index contributed by atoms with van der Waals surface area (Å²) >= 11 is 0. The molecule has 0 unspecified atom stereocenters. The number of ether oxygens (including phenoxy) is 2. The second-order valence-corrected chi connectivity index (χ2v) is 27.5. The highest BCUT2D eigenvalue weighted by Crippen LogP contribution is 2.60. The van der Waals surface area contributed by atoms with Gasteiger partial charge in [-0.05, 0) is 43.8 Å². The van der Waals surface area contributed by atoms with Gasteiger partial charge in [0.25, 0.3) is 8.32 Å². The molecule has 318 valence electrons. The molecule has 9 nitrogen and oxygen atoms in total. The molecule has 11 heteroatoms. The van der Waals surface area contributed by atoms with E-state index in [0.717, 1.165) is 20.7 Å². The first-order valence-corrected chi connectivity index (χ1v) is 25.2. The standard InChI is InChI=1S/C52H50N2O7Si2/c1-32(55)58-48-43-41(47(49-52(48,8)59-49)61-63(51(5,6)7,35-26-17-11-18-27-35)36-28-19-12-20-29-36)40-42(44(43)54-53)46(57)39-37(45(40)56)30-21-31-38(39)60-62(50(2,3)4,33-22-13-9-14-23-33)34-24-15-10-16-25-34/h9-31,47-49H,1-8H3/t47-,48+,49-,52+/m0/s1. The number of epoxide rings is 1. The molecule has 1 aliphatic heterocycles. The van der Waals surface area contributed by atoms with Gasteiger partial charge in [0.05, 0.1) is 10.9 Å². The molecule has 0 radical (unpaired) electrons. The molecule has 1 fully saturated rings. The summed E-state index contributed by atoms with van der Waals surface area (Å²) in [5.41, 5.74) is 9.53. The Kier molecular flexibility index (Phi) is 10.1. The molecule has 9 rings (SSSR count). The fourth-order valence-electron chi connectivity index (χ4n) is 10.5. The molecule has 0 bridgehead atoms. The Labute approximate surface area is 368 Å². The quantitative estimate of drug-likeness (QED) is 0.0525. The Hall–Kier alpha value is -6.08. The summed E-state index contributed by atoms with van der Waals surface area (Å²) in [6, 6.07) is 45.5.